The Morgan fingerprint density at radius 2 is 2.04 bits per heavy atom. The molecule has 1 unspecified atom stereocenters. The normalized spacial score (nSPS) is 12.8. The summed E-state index contributed by atoms with van der Waals surface area (Å²) in [5, 5.41) is 18.4. The number of nitrogens with zero attached hydrogens (tertiary/aromatic N) is 3. The molecule has 0 aliphatic rings. The molecule has 0 radical (unpaired) electrons. The molecule has 0 aliphatic carbocycles. The van der Waals surface area contributed by atoms with Gasteiger partial charge >= 0.3 is 5.69 Å². The van der Waals surface area contributed by atoms with Crippen molar-refractivity contribution >= 4 is 37.6 Å². The maximum Gasteiger partial charge on any atom is 0.345 e. The van der Waals surface area contributed by atoms with Gasteiger partial charge in [0.05, 0.1) is 11.2 Å². The summed E-state index contributed by atoms with van der Waals surface area (Å²) in [6, 6.07) is 9.28. The maximum atomic E-state index is 11.5. The zero-order chi connectivity index (χ0) is 18.6. The first-order chi connectivity index (χ1) is 11.7. The van der Waals surface area contributed by atoms with Gasteiger partial charge in [-0.3, -0.25) is 10.1 Å². The monoisotopic (exact) mass is 432 g/mol. The van der Waals surface area contributed by atoms with Gasteiger partial charge in [0.1, 0.15) is 0 Å². The lowest BCUT2D eigenvalue weighted by atomic mass is 10.2. The molecule has 0 bridgehead atoms. The van der Waals surface area contributed by atoms with Crippen LogP contribution in [0, 0.1) is 10.1 Å². The van der Waals surface area contributed by atoms with Gasteiger partial charge in [0.25, 0.3) is 10.1 Å². The molecule has 0 fully saturated rings. The van der Waals surface area contributed by atoms with Gasteiger partial charge in [-0.25, -0.2) is 8.86 Å². The molecule has 2 rings (SSSR count). The zero-order valence-corrected chi connectivity index (χ0v) is 15.9. The van der Waals surface area contributed by atoms with E-state index in [4.69, 9.17) is 4.18 Å². The largest absolute Gasteiger partial charge is 0.360 e. The van der Waals surface area contributed by atoms with E-state index >= 15 is 0 Å². The molecule has 1 N–H and O–H groups in total. The molecule has 1 aromatic heterocycles. The van der Waals surface area contributed by atoms with Crippen molar-refractivity contribution < 1.29 is 17.5 Å². The number of hydrogen-bond donors (Lipinski definition) is 1. The van der Waals surface area contributed by atoms with Gasteiger partial charge in [0.15, 0.2) is 6.23 Å². The van der Waals surface area contributed by atoms with Gasteiger partial charge in [0.2, 0.25) is 10.4 Å². The van der Waals surface area contributed by atoms with Crippen molar-refractivity contribution in [3.8, 4) is 0 Å². The second-order valence-corrected chi connectivity index (χ2v) is 7.54. The lowest BCUT2D eigenvalue weighted by Gasteiger charge is -2.17. The number of rotatable bonds is 8. The predicted octanol–water partition coefficient (Wildman–Crippen LogP) is 3.05. The topological polar surface area (TPSA) is 116 Å². The molecule has 25 heavy (non-hydrogen) atoms. The van der Waals surface area contributed by atoms with Crippen LogP contribution < -0.4 is 5.32 Å². The van der Waals surface area contributed by atoms with Crippen molar-refractivity contribution in [1.29, 1.82) is 0 Å². The fourth-order valence-electron chi connectivity index (χ4n) is 2.20. The van der Waals surface area contributed by atoms with Crippen molar-refractivity contribution in [1.82, 2.24) is 9.78 Å². The van der Waals surface area contributed by atoms with E-state index in [-0.39, 0.29) is 22.5 Å². The lowest BCUT2D eigenvalue weighted by molar-refractivity contribution is -0.384. The molecule has 2 aromatic rings. The Bertz CT molecular complexity index is 854. The standard InChI is InChI=1S/C14H17BrN4O5S/c1-3-11(24-25(2,22)23)18-14(12(19(20)21)13(15)17-18)16-9-10-7-5-4-6-8-10/h4-8,11,16H,3,9H2,1-2H3. The molecule has 1 heterocycles. The maximum absolute atomic E-state index is 11.5. The average molecular weight is 433 g/mol. The molecule has 9 nitrogen and oxygen atoms in total. The minimum absolute atomic E-state index is 0.0105. The van der Waals surface area contributed by atoms with Crippen molar-refractivity contribution in [3.63, 3.8) is 0 Å². The van der Waals surface area contributed by atoms with Gasteiger partial charge in [-0.1, -0.05) is 37.3 Å². The van der Waals surface area contributed by atoms with Crippen LogP contribution in [0.3, 0.4) is 0 Å². The molecule has 1 atom stereocenters. The van der Waals surface area contributed by atoms with Crippen molar-refractivity contribution in [2.45, 2.75) is 26.1 Å². The van der Waals surface area contributed by atoms with E-state index in [1.807, 2.05) is 30.3 Å². The highest BCUT2D eigenvalue weighted by Gasteiger charge is 2.31. The van der Waals surface area contributed by atoms with Crippen molar-refractivity contribution in [2.24, 2.45) is 0 Å². The summed E-state index contributed by atoms with van der Waals surface area (Å²) in [6.45, 7) is 1.99. The minimum atomic E-state index is -3.77. The predicted molar refractivity (Wildman–Crippen MR) is 95.6 cm³/mol. The molecule has 1 aromatic carbocycles. The third-order valence-electron chi connectivity index (χ3n) is 3.24. The summed E-state index contributed by atoms with van der Waals surface area (Å²) in [6.07, 6.45) is 0.163. The SMILES string of the molecule is CCC(OS(C)(=O)=O)n1nc(Br)c([N+](=O)[O-])c1NCc1ccccc1. The number of nitrogens with one attached hydrogen (secondary N) is 1. The Hall–Kier alpha value is -1.98. The summed E-state index contributed by atoms with van der Waals surface area (Å²) >= 11 is 3.05. The molecular weight excluding hydrogens is 416 g/mol. The highest BCUT2D eigenvalue weighted by Crippen LogP contribution is 2.36. The van der Waals surface area contributed by atoms with E-state index in [1.165, 1.54) is 4.68 Å². The summed E-state index contributed by atoms with van der Waals surface area (Å²) < 4.78 is 29.1. The van der Waals surface area contributed by atoms with Gasteiger partial charge in [-0.05, 0) is 27.9 Å². The zero-order valence-electron chi connectivity index (χ0n) is 13.5. The van der Waals surface area contributed by atoms with Crippen LogP contribution in [0.2, 0.25) is 0 Å². The summed E-state index contributed by atoms with van der Waals surface area (Å²) in [7, 11) is -3.77. The van der Waals surface area contributed by atoms with Crippen LogP contribution in [0.25, 0.3) is 0 Å². The Morgan fingerprint density at radius 1 is 1.40 bits per heavy atom. The molecule has 136 valence electrons. The Morgan fingerprint density at radius 3 is 2.56 bits per heavy atom. The molecule has 0 amide bonds. The van der Waals surface area contributed by atoms with Crippen LogP contribution >= 0.6 is 15.9 Å². The number of benzene rings is 1. The van der Waals surface area contributed by atoms with Gasteiger partial charge in [-0.15, -0.1) is 0 Å². The Kier molecular flexibility index (Phi) is 6.14. The molecule has 0 spiro atoms. The molecule has 0 aliphatic heterocycles. The Labute approximate surface area is 153 Å². The third kappa shape index (κ3) is 5.00. The number of anilines is 1. The average Bonchev–Trinajstić information content (AvgIpc) is 2.87. The van der Waals surface area contributed by atoms with Crippen molar-refractivity contribution in [3.05, 3.63) is 50.6 Å². The van der Waals surface area contributed by atoms with Crippen molar-refractivity contribution in [2.75, 3.05) is 11.6 Å². The first-order valence-corrected chi connectivity index (χ1v) is 9.92. The smallest absolute Gasteiger partial charge is 0.345 e. The van der Waals surface area contributed by atoms with Crippen LogP contribution in [-0.4, -0.2) is 29.4 Å². The second-order valence-electron chi connectivity index (χ2n) is 5.19. The molecule has 0 saturated heterocycles. The van der Waals surface area contributed by atoms with Gasteiger partial charge in [-0.2, -0.15) is 13.5 Å². The van der Waals surface area contributed by atoms with Gasteiger partial charge < -0.3 is 5.32 Å². The van der Waals surface area contributed by atoms with Gasteiger partial charge in [0, 0.05) is 6.54 Å². The summed E-state index contributed by atoms with van der Waals surface area (Å²) in [5.74, 6) is 0.0660. The van der Waals surface area contributed by atoms with E-state index < -0.39 is 21.3 Å². The number of nitro groups is 1. The summed E-state index contributed by atoms with van der Waals surface area (Å²) in [4.78, 5) is 10.8. The highest BCUT2D eigenvalue weighted by molar-refractivity contribution is 9.10. The van der Waals surface area contributed by atoms with E-state index in [1.54, 1.807) is 6.92 Å². The first kappa shape index (κ1) is 19.3. The number of hydrogen-bond acceptors (Lipinski definition) is 7. The fourth-order valence-corrected chi connectivity index (χ4v) is 3.32. The highest BCUT2D eigenvalue weighted by atomic mass is 79.9. The van der Waals surface area contributed by atoms with Crippen LogP contribution in [-0.2, 0) is 20.8 Å². The second kappa shape index (κ2) is 7.93. The Balaban J connectivity index is 2.41. The fraction of sp³-hybridized carbons (Fsp3) is 0.357. The van der Waals surface area contributed by atoms with E-state index in [9.17, 15) is 18.5 Å². The molecule has 11 heteroatoms. The lowest BCUT2D eigenvalue weighted by Crippen LogP contribution is -2.20. The van der Waals surface area contributed by atoms with Crippen LogP contribution in [0.4, 0.5) is 11.5 Å². The first-order valence-electron chi connectivity index (χ1n) is 7.31. The molecule has 0 saturated carbocycles. The van der Waals surface area contributed by atoms with Crippen LogP contribution in [0.1, 0.15) is 25.1 Å². The molecular formula is C14H17BrN4O5S. The third-order valence-corrected chi connectivity index (χ3v) is 4.34. The quantitative estimate of drug-likeness (QED) is 0.386. The minimum Gasteiger partial charge on any atom is -0.360 e. The van der Waals surface area contributed by atoms with E-state index in [0.717, 1.165) is 11.8 Å². The van der Waals surface area contributed by atoms with Crippen LogP contribution in [0.15, 0.2) is 34.9 Å². The van der Waals surface area contributed by atoms with E-state index in [0.29, 0.717) is 6.54 Å². The van der Waals surface area contributed by atoms with E-state index in [2.05, 4.69) is 26.3 Å². The number of halogens is 1. The van der Waals surface area contributed by atoms with Crippen LogP contribution in [0.5, 0.6) is 0 Å². The number of aromatic nitrogens is 2. The summed E-state index contributed by atoms with van der Waals surface area (Å²) in [5.41, 5.74) is 0.615.